The number of carbonyl (C=O) groups excluding carboxylic acids is 2. The molecule has 16 heavy (non-hydrogen) atoms. The van der Waals surface area contributed by atoms with E-state index in [1.165, 1.54) is 12.2 Å². The molecular weight excluding hydrogens is 214 g/mol. The first-order valence-electron chi connectivity index (χ1n) is 4.83. The maximum atomic E-state index is 11.5. The van der Waals surface area contributed by atoms with E-state index in [4.69, 9.17) is 15.2 Å². The zero-order chi connectivity index (χ0) is 11.5. The van der Waals surface area contributed by atoms with Crippen molar-refractivity contribution < 1.29 is 24.2 Å². The van der Waals surface area contributed by atoms with Crippen LogP contribution < -0.4 is 5.73 Å². The molecule has 1 fully saturated rings. The summed E-state index contributed by atoms with van der Waals surface area (Å²) in [6, 6.07) is 0. The molecule has 3 aliphatic rings. The molecule has 1 saturated heterocycles. The number of nitrogens with two attached hydrogens (primary N) is 1. The van der Waals surface area contributed by atoms with E-state index in [9.17, 15) is 14.7 Å². The van der Waals surface area contributed by atoms with Gasteiger partial charge in [0.25, 0.3) is 12.2 Å². The summed E-state index contributed by atoms with van der Waals surface area (Å²) in [6.07, 6.45) is 3.57. The van der Waals surface area contributed by atoms with E-state index < -0.39 is 29.7 Å². The van der Waals surface area contributed by atoms with Crippen LogP contribution in [-0.4, -0.2) is 28.9 Å². The second-order valence-electron chi connectivity index (χ2n) is 4.07. The highest BCUT2D eigenvalue weighted by molar-refractivity contribution is 5.91. The third kappa shape index (κ3) is 0.943. The lowest BCUT2D eigenvalue weighted by Gasteiger charge is -2.41. The van der Waals surface area contributed by atoms with Crippen LogP contribution >= 0.6 is 0 Å². The Labute approximate surface area is 90.3 Å². The highest BCUT2D eigenvalue weighted by Crippen LogP contribution is 2.47. The molecule has 4 atom stereocenters. The van der Waals surface area contributed by atoms with Crippen molar-refractivity contribution in [3.63, 3.8) is 0 Å². The van der Waals surface area contributed by atoms with Gasteiger partial charge in [-0.2, -0.15) is 0 Å². The van der Waals surface area contributed by atoms with Gasteiger partial charge >= 0.3 is 5.97 Å². The number of ether oxygens (including phenoxy) is 2. The summed E-state index contributed by atoms with van der Waals surface area (Å²) in [5, 5.41) is 10.1. The van der Waals surface area contributed by atoms with E-state index in [2.05, 4.69) is 0 Å². The van der Waals surface area contributed by atoms with Gasteiger partial charge in [-0.1, -0.05) is 6.08 Å². The lowest BCUT2D eigenvalue weighted by atomic mass is 9.80. The molecular formula is C10H9NO5. The Kier molecular flexibility index (Phi) is 1.56. The maximum Gasteiger partial charge on any atom is 0.345 e. The van der Waals surface area contributed by atoms with Gasteiger partial charge in [0.05, 0.1) is 5.92 Å². The summed E-state index contributed by atoms with van der Waals surface area (Å²) in [5.74, 6) is -2.36. The number of aliphatic hydroxyl groups is 1. The number of primary amides is 1. The fourth-order valence-corrected chi connectivity index (χ4v) is 2.33. The topological polar surface area (TPSA) is 98.9 Å². The third-order valence-electron chi connectivity index (χ3n) is 3.18. The van der Waals surface area contributed by atoms with Gasteiger partial charge in [-0.3, -0.25) is 4.79 Å². The smallest absolute Gasteiger partial charge is 0.345 e. The quantitative estimate of drug-likeness (QED) is 0.430. The number of rotatable bonds is 1. The molecule has 1 amide bonds. The zero-order valence-corrected chi connectivity index (χ0v) is 8.12. The molecule has 0 aromatic heterocycles. The Morgan fingerprint density at radius 1 is 1.50 bits per heavy atom. The second kappa shape index (κ2) is 2.65. The molecule has 0 radical (unpaired) electrons. The third-order valence-corrected chi connectivity index (χ3v) is 3.18. The van der Waals surface area contributed by atoms with Crippen LogP contribution in [0.2, 0.25) is 0 Å². The number of hydrogen-bond acceptors (Lipinski definition) is 5. The van der Waals surface area contributed by atoms with Crippen LogP contribution in [0.25, 0.3) is 0 Å². The van der Waals surface area contributed by atoms with Crippen molar-refractivity contribution in [1.29, 1.82) is 0 Å². The van der Waals surface area contributed by atoms with Crippen LogP contribution in [-0.2, 0) is 19.1 Å². The molecule has 4 bridgehead atoms. The largest absolute Gasteiger partial charge is 0.449 e. The van der Waals surface area contributed by atoms with E-state index in [-0.39, 0.29) is 11.7 Å². The molecule has 6 nitrogen and oxygen atoms in total. The van der Waals surface area contributed by atoms with Gasteiger partial charge in [-0.05, 0) is 12.2 Å². The molecule has 0 unspecified atom stereocenters. The average molecular weight is 223 g/mol. The molecule has 3 N–H and O–H groups in total. The first kappa shape index (κ1) is 9.41. The predicted octanol–water partition coefficient (Wildman–Crippen LogP) is -1.20. The molecule has 3 rings (SSSR count). The number of amides is 1. The summed E-state index contributed by atoms with van der Waals surface area (Å²) in [6.45, 7) is 0. The zero-order valence-electron chi connectivity index (χ0n) is 8.12. The van der Waals surface area contributed by atoms with E-state index >= 15 is 0 Å². The lowest BCUT2D eigenvalue weighted by Crippen LogP contribution is -2.55. The van der Waals surface area contributed by atoms with Crippen molar-refractivity contribution >= 4 is 11.9 Å². The van der Waals surface area contributed by atoms with Crippen LogP contribution in [0.5, 0.6) is 0 Å². The summed E-state index contributed by atoms with van der Waals surface area (Å²) < 4.78 is 10.1. The first-order chi connectivity index (χ1) is 7.52. The molecule has 0 aromatic carbocycles. The summed E-state index contributed by atoms with van der Waals surface area (Å²) in [7, 11) is 0. The Hall–Kier alpha value is -1.82. The number of hydrogen-bond donors (Lipinski definition) is 2. The fourth-order valence-electron chi connectivity index (χ4n) is 2.33. The van der Waals surface area contributed by atoms with Crippen molar-refractivity contribution in [3.05, 3.63) is 24.0 Å². The normalized spacial score (nSPS) is 43.4. The van der Waals surface area contributed by atoms with E-state index in [1.54, 1.807) is 6.08 Å². The van der Waals surface area contributed by atoms with Crippen LogP contribution in [0.4, 0.5) is 0 Å². The van der Waals surface area contributed by atoms with Crippen LogP contribution in [0.15, 0.2) is 24.0 Å². The van der Waals surface area contributed by atoms with Gasteiger partial charge in [-0.15, -0.1) is 0 Å². The monoisotopic (exact) mass is 223 g/mol. The molecule has 0 spiro atoms. The van der Waals surface area contributed by atoms with Gasteiger partial charge in [0, 0.05) is 5.92 Å². The van der Waals surface area contributed by atoms with Crippen molar-refractivity contribution in [2.24, 2.45) is 17.6 Å². The minimum Gasteiger partial charge on any atom is -0.449 e. The van der Waals surface area contributed by atoms with Crippen LogP contribution in [0.1, 0.15) is 0 Å². The molecule has 6 heteroatoms. The predicted molar refractivity (Wildman–Crippen MR) is 49.3 cm³/mol. The maximum absolute atomic E-state index is 11.5. The molecule has 84 valence electrons. The number of carbonyl (C=O) groups is 2. The minimum absolute atomic E-state index is 0.0686. The van der Waals surface area contributed by atoms with Gasteiger partial charge in [-0.25, -0.2) is 4.79 Å². The van der Waals surface area contributed by atoms with Crippen molar-refractivity contribution in [3.8, 4) is 0 Å². The second-order valence-corrected chi connectivity index (χ2v) is 4.07. The highest BCUT2D eigenvalue weighted by atomic mass is 16.7. The van der Waals surface area contributed by atoms with Gasteiger partial charge in [0.1, 0.15) is 0 Å². The summed E-state index contributed by atoms with van der Waals surface area (Å²) >= 11 is 0. The molecule has 1 aliphatic carbocycles. The van der Waals surface area contributed by atoms with Gasteiger partial charge < -0.3 is 20.3 Å². The molecule has 0 saturated carbocycles. The van der Waals surface area contributed by atoms with Crippen LogP contribution in [0.3, 0.4) is 0 Å². The Balaban J connectivity index is 2.09. The van der Waals surface area contributed by atoms with Gasteiger partial charge in [0.2, 0.25) is 0 Å². The standard InChI is InChI=1S/C10H9NO5/c11-7(12)6-3-5-4-1-2-10(5,14)9(13)16-8(4)15-6/h1-5,8,14H,(H2,11,12)/t4-,5+,8+,10-/m0/s1. The van der Waals surface area contributed by atoms with Crippen molar-refractivity contribution in [2.45, 2.75) is 11.9 Å². The van der Waals surface area contributed by atoms with Crippen molar-refractivity contribution in [1.82, 2.24) is 0 Å². The van der Waals surface area contributed by atoms with E-state index in [0.29, 0.717) is 0 Å². The average Bonchev–Trinajstić information content (AvgIpc) is 2.50. The molecule has 2 aliphatic heterocycles. The molecule has 2 heterocycles. The van der Waals surface area contributed by atoms with E-state index in [0.717, 1.165) is 0 Å². The van der Waals surface area contributed by atoms with Crippen LogP contribution in [0, 0.1) is 11.8 Å². The highest BCUT2D eigenvalue weighted by Gasteiger charge is 2.59. The lowest BCUT2D eigenvalue weighted by molar-refractivity contribution is -0.224. The Morgan fingerprint density at radius 3 is 2.94 bits per heavy atom. The fraction of sp³-hybridized carbons (Fsp3) is 0.400. The van der Waals surface area contributed by atoms with E-state index in [1.807, 2.05) is 0 Å². The Bertz CT molecular complexity index is 454. The first-order valence-corrected chi connectivity index (χ1v) is 4.83. The SMILES string of the molecule is NC(=O)C1=C[C@@H]2[C@@H]3C=C[C@@]2(O)C(=O)O[C@H]3O1. The summed E-state index contributed by atoms with van der Waals surface area (Å²) in [4.78, 5) is 22.5. The molecule has 0 aromatic rings. The number of esters is 1. The summed E-state index contributed by atoms with van der Waals surface area (Å²) in [5.41, 5.74) is 3.40. The van der Waals surface area contributed by atoms with Crippen molar-refractivity contribution in [2.75, 3.05) is 0 Å². The minimum atomic E-state index is -1.69. The Morgan fingerprint density at radius 2 is 2.25 bits per heavy atom. The van der Waals surface area contributed by atoms with Gasteiger partial charge in [0.15, 0.2) is 11.4 Å².